The Kier molecular flexibility index (Phi) is 3.05. The Bertz CT molecular complexity index is 407. The van der Waals surface area contributed by atoms with Crippen molar-refractivity contribution in [1.29, 1.82) is 0 Å². The fraction of sp³-hybridized carbons (Fsp3) is 0.556. The number of aromatic nitrogens is 2. The van der Waals surface area contributed by atoms with Crippen LogP contribution in [0.4, 0.5) is 19.0 Å². The fourth-order valence-corrected chi connectivity index (χ4v) is 1.19. The van der Waals surface area contributed by atoms with Crippen molar-refractivity contribution in [2.75, 3.05) is 25.6 Å². The van der Waals surface area contributed by atoms with E-state index in [2.05, 4.69) is 15.3 Å². The first-order chi connectivity index (χ1) is 7.99. The molecule has 1 saturated heterocycles. The van der Waals surface area contributed by atoms with Crippen molar-refractivity contribution in [3.8, 4) is 5.88 Å². The van der Waals surface area contributed by atoms with E-state index in [9.17, 15) is 13.2 Å². The van der Waals surface area contributed by atoms with Crippen LogP contribution in [0.1, 0.15) is 5.82 Å². The van der Waals surface area contributed by atoms with Crippen molar-refractivity contribution >= 4 is 5.82 Å². The summed E-state index contributed by atoms with van der Waals surface area (Å²) in [6.45, 7) is 0.723. The van der Waals surface area contributed by atoms with Gasteiger partial charge < -0.3 is 14.8 Å². The topological polar surface area (TPSA) is 56.3 Å². The lowest BCUT2D eigenvalue weighted by molar-refractivity contribution is -0.145. The van der Waals surface area contributed by atoms with Gasteiger partial charge in [0, 0.05) is 13.1 Å². The molecule has 0 aliphatic carbocycles. The molecule has 8 heteroatoms. The van der Waals surface area contributed by atoms with Crippen LogP contribution in [0.25, 0.3) is 0 Å². The Morgan fingerprint density at radius 1 is 1.41 bits per heavy atom. The van der Waals surface area contributed by atoms with Gasteiger partial charge in [-0.3, -0.25) is 0 Å². The summed E-state index contributed by atoms with van der Waals surface area (Å²) < 4.78 is 47.5. The minimum Gasteiger partial charge on any atom is -0.469 e. The van der Waals surface area contributed by atoms with E-state index in [1.807, 2.05) is 0 Å². The van der Waals surface area contributed by atoms with E-state index >= 15 is 0 Å². The van der Waals surface area contributed by atoms with E-state index in [1.165, 1.54) is 13.1 Å². The summed E-state index contributed by atoms with van der Waals surface area (Å²) in [7, 11) is 1.47. The van der Waals surface area contributed by atoms with Crippen LogP contribution >= 0.6 is 0 Å². The fourth-order valence-electron chi connectivity index (χ4n) is 1.19. The Balaban J connectivity index is 2.24. The molecule has 0 bridgehead atoms. The third kappa shape index (κ3) is 2.76. The van der Waals surface area contributed by atoms with Crippen LogP contribution in [0.3, 0.4) is 0 Å². The van der Waals surface area contributed by atoms with Gasteiger partial charge in [-0.2, -0.15) is 18.2 Å². The zero-order chi connectivity index (χ0) is 12.5. The molecular formula is C9H10F3N3O2. The highest BCUT2D eigenvalue weighted by molar-refractivity contribution is 5.38. The minimum atomic E-state index is -4.60. The molecule has 0 amide bonds. The van der Waals surface area contributed by atoms with Crippen LogP contribution in [0.5, 0.6) is 5.88 Å². The van der Waals surface area contributed by atoms with E-state index < -0.39 is 12.0 Å². The largest absolute Gasteiger partial charge is 0.469 e. The molecular weight excluding hydrogens is 239 g/mol. The number of nitrogens with one attached hydrogen (secondary N) is 1. The quantitative estimate of drug-likeness (QED) is 0.875. The second kappa shape index (κ2) is 4.36. The maximum absolute atomic E-state index is 12.5. The highest BCUT2D eigenvalue weighted by atomic mass is 19.4. The number of ether oxygens (including phenoxy) is 2. The number of halogens is 3. The molecule has 17 heavy (non-hydrogen) atoms. The second-order valence-corrected chi connectivity index (χ2v) is 3.44. The summed E-state index contributed by atoms with van der Waals surface area (Å²) in [4.78, 5) is 6.64. The number of hydrogen-bond acceptors (Lipinski definition) is 5. The molecule has 1 aromatic rings. The summed E-state index contributed by atoms with van der Waals surface area (Å²) in [5.41, 5.74) is 0. The summed E-state index contributed by atoms with van der Waals surface area (Å²) in [5, 5.41) is 2.53. The van der Waals surface area contributed by atoms with Crippen molar-refractivity contribution in [3.05, 3.63) is 11.9 Å². The van der Waals surface area contributed by atoms with Crippen LogP contribution in [0, 0.1) is 0 Å². The molecule has 2 rings (SSSR count). The lowest BCUT2D eigenvalue weighted by atomic mass is 10.3. The Hall–Kier alpha value is -1.57. The Morgan fingerprint density at radius 3 is 2.59 bits per heavy atom. The van der Waals surface area contributed by atoms with Gasteiger partial charge in [0.25, 0.3) is 0 Å². The average Bonchev–Trinajstić information content (AvgIpc) is 2.22. The number of anilines is 1. The maximum Gasteiger partial charge on any atom is 0.451 e. The summed E-state index contributed by atoms with van der Waals surface area (Å²) in [6.07, 6.45) is -4.84. The van der Waals surface area contributed by atoms with Gasteiger partial charge >= 0.3 is 6.18 Å². The van der Waals surface area contributed by atoms with E-state index in [4.69, 9.17) is 9.47 Å². The van der Waals surface area contributed by atoms with Gasteiger partial charge in [-0.15, -0.1) is 0 Å². The van der Waals surface area contributed by atoms with Crippen molar-refractivity contribution < 1.29 is 22.6 Å². The van der Waals surface area contributed by atoms with Crippen molar-refractivity contribution in [1.82, 2.24) is 9.97 Å². The molecule has 0 atom stereocenters. The predicted octanol–water partition coefficient (Wildman–Crippen LogP) is 1.31. The number of hydrogen-bond donors (Lipinski definition) is 1. The van der Waals surface area contributed by atoms with Gasteiger partial charge in [0.05, 0.1) is 13.2 Å². The molecule has 1 aliphatic rings. The third-order valence-electron chi connectivity index (χ3n) is 2.11. The maximum atomic E-state index is 12.5. The molecule has 0 aromatic carbocycles. The zero-order valence-corrected chi connectivity index (χ0v) is 8.91. The zero-order valence-electron chi connectivity index (χ0n) is 8.91. The van der Waals surface area contributed by atoms with Crippen LogP contribution in [0.2, 0.25) is 0 Å². The average molecular weight is 249 g/mol. The first kappa shape index (κ1) is 11.9. The molecule has 1 fully saturated rings. The highest BCUT2D eigenvalue weighted by Crippen LogP contribution is 2.29. The Labute approximate surface area is 95.0 Å². The van der Waals surface area contributed by atoms with Crippen LogP contribution in [-0.2, 0) is 10.9 Å². The van der Waals surface area contributed by atoms with Gasteiger partial charge in [0.2, 0.25) is 11.7 Å². The van der Waals surface area contributed by atoms with Crippen LogP contribution in [0.15, 0.2) is 6.07 Å². The van der Waals surface area contributed by atoms with Gasteiger partial charge in [0.15, 0.2) is 0 Å². The van der Waals surface area contributed by atoms with Gasteiger partial charge in [-0.05, 0) is 0 Å². The summed E-state index contributed by atoms with van der Waals surface area (Å²) >= 11 is 0. The lowest BCUT2D eigenvalue weighted by Gasteiger charge is -2.26. The Morgan fingerprint density at radius 2 is 2.12 bits per heavy atom. The smallest absolute Gasteiger partial charge is 0.451 e. The standard InChI is InChI=1S/C9H10F3N3O2/c1-13-6-2-7(17-5-3-16-4-5)15-8(14-6)9(10,11)12/h2,5H,3-4H2,1H3,(H,13,14,15). The van der Waals surface area contributed by atoms with Crippen LogP contribution < -0.4 is 10.1 Å². The second-order valence-electron chi connectivity index (χ2n) is 3.44. The van der Waals surface area contributed by atoms with Crippen molar-refractivity contribution in [2.45, 2.75) is 12.3 Å². The van der Waals surface area contributed by atoms with Crippen molar-refractivity contribution in [3.63, 3.8) is 0 Å². The van der Waals surface area contributed by atoms with E-state index in [0.717, 1.165) is 0 Å². The molecule has 1 aromatic heterocycles. The molecule has 94 valence electrons. The molecule has 5 nitrogen and oxygen atoms in total. The molecule has 0 spiro atoms. The molecule has 2 heterocycles. The molecule has 0 unspecified atom stereocenters. The molecule has 0 radical (unpaired) electrons. The SMILES string of the molecule is CNc1cc(OC2COC2)nc(C(F)(F)F)n1. The van der Waals surface area contributed by atoms with E-state index in [-0.39, 0.29) is 17.8 Å². The van der Waals surface area contributed by atoms with Gasteiger partial charge in [0.1, 0.15) is 11.9 Å². The van der Waals surface area contributed by atoms with Crippen molar-refractivity contribution in [2.24, 2.45) is 0 Å². The number of nitrogens with zero attached hydrogens (tertiary/aromatic N) is 2. The monoisotopic (exact) mass is 249 g/mol. The van der Waals surface area contributed by atoms with E-state index in [0.29, 0.717) is 13.2 Å². The lowest BCUT2D eigenvalue weighted by Crippen LogP contribution is -2.38. The normalized spacial score (nSPS) is 16.5. The van der Waals surface area contributed by atoms with E-state index in [1.54, 1.807) is 0 Å². The van der Waals surface area contributed by atoms with Gasteiger partial charge in [-0.1, -0.05) is 0 Å². The van der Waals surface area contributed by atoms with Gasteiger partial charge in [-0.25, -0.2) is 4.98 Å². The summed E-state index contributed by atoms with van der Waals surface area (Å²) in [6, 6.07) is 1.31. The molecule has 0 saturated carbocycles. The first-order valence-electron chi connectivity index (χ1n) is 4.87. The third-order valence-corrected chi connectivity index (χ3v) is 2.11. The highest BCUT2D eigenvalue weighted by Gasteiger charge is 2.36. The number of alkyl halides is 3. The predicted molar refractivity (Wildman–Crippen MR) is 51.8 cm³/mol. The number of rotatable bonds is 3. The van der Waals surface area contributed by atoms with Crippen LogP contribution in [-0.4, -0.2) is 36.3 Å². The molecule has 1 aliphatic heterocycles. The minimum absolute atomic E-state index is 0.0579. The summed E-state index contributed by atoms with van der Waals surface area (Å²) in [5.74, 6) is -1.27. The first-order valence-corrected chi connectivity index (χ1v) is 4.87. The molecule has 1 N–H and O–H groups in total.